The molecule has 2 aromatic rings. The summed E-state index contributed by atoms with van der Waals surface area (Å²) in [4.78, 5) is 23.2. The Morgan fingerprint density at radius 3 is 2.68 bits per heavy atom. The molecule has 7 nitrogen and oxygen atoms in total. The molecule has 1 N–H and O–H groups in total. The van der Waals surface area contributed by atoms with E-state index in [0.29, 0.717) is 43.7 Å². The van der Waals surface area contributed by atoms with Gasteiger partial charge >= 0.3 is 0 Å². The summed E-state index contributed by atoms with van der Waals surface area (Å²) in [5.74, 6) is 0.963. The molecule has 0 aliphatic carbocycles. The molecule has 3 rings (SSSR count). The molecule has 0 atom stereocenters. The summed E-state index contributed by atoms with van der Waals surface area (Å²) in [6, 6.07) is 7.51. The van der Waals surface area contributed by atoms with Crippen LogP contribution in [-0.2, 0) is 4.74 Å². The molecule has 1 fully saturated rings. The van der Waals surface area contributed by atoms with E-state index in [9.17, 15) is 4.79 Å². The third kappa shape index (κ3) is 4.06. The second kappa shape index (κ2) is 7.48. The average molecular weight is 342 g/mol. The summed E-state index contributed by atoms with van der Waals surface area (Å²) < 4.78 is 10.7. The largest absolute Gasteiger partial charge is 0.495 e. The molecule has 0 saturated carbocycles. The molecule has 25 heavy (non-hydrogen) atoms. The van der Waals surface area contributed by atoms with Gasteiger partial charge < -0.3 is 19.7 Å². The van der Waals surface area contributed by atoms with E-state index >= 15 is 0 Å². The third-order valence-electron chi connectivity index (χ3n) is 3.97. The van der Waals surface area contributed by atoms with Gasteiger partial charge in [-0.1, -0.05) is 6.07 Å². The highest BCUT2D eigenvalue weighted by Gasteiger charge is 2.21. The van der Waals surface area contributed by atoms with Crippen LogP contribution in [0.2, 0.25) is 0 Å². The predicted octanol–water partition coefficient (Wildman–Crippen LogP) is 2.32. The van der Waals surface area contributed by atoms with Crippen LogP contribution >= 0.6 is 0 Å². The Bertz CT molecular complexity index is 773. The fourth-order valence-corrected chi connectivity index (χ4v) is 2.70. The number of aryl methyl sites for hydroxylation is 2. The first-order valence-corrected chi connectivity index (χ1v) is 8.21. The fraction of sp³-hybridized carbons (Fsp3) is 0.389. The van der Waals surface area contributed by atoms with Crippen molar-refractivity contribution in [1.82, 2.24) is 14.9 Å². The van der Waals surface area contributed by atoms with Crippen LogP contribution in [0.1, 0.15) is 21.7 Å². The number of amides is 1. The molecule has 0 unspecified atom stereocenters. The molecule has 7 heteroatoms. The van der Waals surface area contributed by atoms with E-state index in [0.717, 1.165) is 16.9 Å². The number of rotatable bonds is 4. The number of hydrogen-bond acceptors (Lipinski definition) is 6. The van der Waals surface area contributed by atoms with E-state index in [1.165, 1.54) is 0 Å². The molecule has 132 valence electrons. The van der Waals surface area contributed by atoms with Gasteiger partial charge in [0.15, 0.2) is 0 Å². The van der Waals surface area contributed by atoms with Crippen LogP contribution < -0.4 is 10.1 Å². The topological polar surface area (TPSA) is 76.6 Å². The Balaban J connectivity index is 1.87. The van der Waals surface area contributed by atoms with Crippen LogP contribution in [0, 0.1) is 13.8 Å². The lowest BCUT2D eigenvalue weighted by atomic mass is 10.2. The minimum atomic E-state index is -0.104. The van der Waals surface area contributed by atoms with Crippen LogP contribution in [0.15, 0.2) is 24.3 Å². The van der Waals surface area contributed by atoms with Gasteiger partial charge in [-0.15, -0.1) is 0 Å². The molecular weight excluding hydrogens is 320 g/mol. The van der Waals surface area contributed by atoms with Gasteiger partial charge in [0.2, 0.25) is 5.95 Å². The number of benzene rings is 1. The molecule has 2 heterocycles. The number of nitrogens with one attached hydrogen (secondary N) is 1. The van der Waals surface area contributed by atoms with Crippen molar-refractivity contribution >= 4 is 17.5 Å². The van der Waals surface area contributed by atoms with E-state index in [2.05, 4.69) is 15.3 Å². The van der Waals surface area contributed by atoms with Crippen molar-refractivity contribution in [3.05, 3.63) is 41.2 Å². The molecule has 0 radical (unpaired) electrons. The molecule has 1 amide bonds. The second-order valence-corrected chi connectivity index (χ2v) is 5.95. The Morgan fingerprint density at radius 1 is 1.20 bits per heavy atom. The molecule has 1 aliphatic rings. The number of carbonyl (C=O) groups excluding carboxylic acids is 1. The van der Waals surface area contributed by atoms with E-state index in [-0.39, 0.29) is 5.91 Å². The van der Waals surface area contributed by atoms with Gasteiger partial charge in [-0.05, 0) is 37.6 Å². The summed E-state index contributed by atoms with van der Waals surface area (Å²) in [7, 11) is 1.61. The number of hydrogen-bond donors (Lipinski definition) is 1. The first kappa shape index (κ1) is 17.2. The highest BCUT2D eigenvalue weighted by atomic mass is 16.5. The van der Waals surface area contributed by atoms with Crippen molar-refractivity contribution in [1.29, 1.82) is 0 Å². The minimum Gasteiger partial charge on any atom is -0.495 e. The zero-order chi connectivity index (χ0) is 17.8. The van der Waals surface area contributed by atoms with E-state index < -0.39 is 0 Å². The highest BCUT2D eigenvalue weighted by Crippen LogP contribution is 2.27. The second-order valence-electron chi connectivity index (χ2n) is 5.95. The van der Waals surface area contributed by atoms with Crippen molar-refractivity contribution in [2.45, 2.75) is 13.8 Å². The average Bonchev–Trinajstić information content (AvgIpc) is 2.61. The summed E-state index contributed by atoms with van der Waals surface area (Å²) >= 11 is 0. The molecule has 0 spiro atoms. The molecular formula is C18H22N4O3. The number of nitrogens with zero attached hydrogens (tertiary/aromatic N) is 3. The van der Waals surface area contributed by atoms with Crippen molar-refractivity contribution in [2.75, 3.05) is 38.7 Å². The maximum absolute atomic E-state index is 12.7. The van der Waals surface area contributed by atoms with Crippen LogP contribution in [0.4, 0.5) is 11.6 Å². The fourth-order valence-electron chi connectivity index (χ4n) is 2.70. The standard InChI is InChI=1S/C18H22N4O3/c1-12-4-5-16(24-3)14(10-12)20-18-19-13(2)11-15(21-18)17(23)22-6-8-25-9-7-22/h4-5,10-11H,6-9H2,1-3H3,(H,19,20,21). The molecule has 0 bridgehead atoms. The van der Waals surface area contributed by atoms with Gasteiger partial charge in [-0.2, -0.15) is 0 Å². The zero-order valence-electron chi connectivity index (χ0n) is 14.7. The van der Waals surface area contributed by atoms with Crippen molar-refractivity contribution in [3.63, 3.8) is 0 Å². The normalized spacial score (nSPS) is 14.3. The van der Waals surface area contributed by atoms with Gasteiger partial charge in [0.1, 0.15) is 11.4 Å². The van der Waals surface area contributed by atoms with E-state index in [1.807, 2.05) is 32.0 Å². The van der Waals surface area contributed by atoms with Gasteiger partial charge in [0, 0.05) is 18.8 Å². The minimum absolute atomic E-state index is 0.104. The molecule has 1 aromatic heterocycles. The maximum atomic E-state index is 12.7. The van der Waals surface area contributed by atoms with Crippen LogP contribution in [-0.4, -0.2) is 54.2 Å². The Labute approximate surface area is 147 Å². The SMILES string of the molecule is COc1ccc(C)cc1Nc1nc(C)cc(C(=O)N2CCOCC2)n1. The van der Waals surface area contributed by atoms with Crippen LogP contribution in [0.5, 0.6) is 5.75 Å². The van der Waals surface area contributed by atoms with Gasteiger partial charge in [0.25, 0.3) is 5.91 Å². The summed E-state index contributed by atoms with van der Waals surface area (Å²) in [6.07, 6.45) is 0. The maximum Gasteiger partial charge on any atom is 0.272 e. The summed E-state index contributed by atoms with van der Waals surface area (Å²) in [5.41, 5.74) is 2.95. The predicted molar refractivity (Wildman–Crippen MR) is 94.5 cm³/mol. The van der Waals surface area contributed by atoms with Crippen molar-refractivity contribution < 1.29 is 14.3 Å². The summed E-state index contributed by atoms with van der Waals surface area (Å²) in [6.45, 7) is 6.11. The zero-order valence-corrected chi connectivity index (χ0v) is 14.7. The number of methoxy groups -OCH3 is 1. The van der Waals surface area contributed by atoms with Crippen molar-refractivity contribution in [2.24, 2.45) is 0 Å². The quantitative estimate of drug-likeness (QED) is 0.919. The number of aromatic nitrogens is 2. The number of ether oxygens (including phenoxy) is 2. The van der Waals surface area contributed by atoms with E-state index in [1.54, 1.807) is 18.1 Å². The lowest BCUT2D eigenvalue weighted by molar-refractivity contribution is 0.0299. The first-order valence-electron chi connectivity index (χ1n) is 8.21. The third-order valence-corrected chi connectivity index (χ3v) is 3.97. The smallest absolute Gasteiger partial charge is 0.272 e. The molecule has 1 aromatic carbocycles. The van der Waals surface area contributed by atoms with Crippen LogP contribution in [0.3, 0.4) is 0 Å². The Kier molecular flexibility index (Phi) is 5.14. The molecule has 1 saturated heterocycles. The van der Waals surface area contributed by atoms with Crippen LogP contribution in [0.25, 0.3) is 0 Å². The highest BCUT2D eigenvalue weighted by molar-refractivity contribution is 5.92. The lowest BCUT2D eigenvalue weighted by Crippen LogP contribution is -2.41. The monoisotopic (exact) mass is 342 g/mol. The number of carbonyl (C=O) groups is 1. The lowest BCUT2D eigenvalue weighted by Gasteiger charge is -2.26. The molecule has 1 aliphatic heterocycles. The van der Waals surface area contributed by atoms with Gasteiger partial charge in [-0.3, -0.25) is 4.79 Å². The number of anilines is 2. The Morgan fingerprint density at radius 2 is 1.96 bits per heavy atom. The first-order chi connectivity index (χ1) is 12.1. The van der Waals surface area contributed by atoms with Crippen molar-refractivity contribution in [3.8, 4) is 5.75 Å². The number of morpholine rings is 1. The van der Waals surface area contributed by atoms with Gasteiger partial charge in [0.05, 0.1) is 26.0 Å². The van der Waals surface area contributed by atoms with E-state index in [4.69, 9.17) is 9.47 Å². The Hall–Kier alpha value is -2.67. The summed E-state index contributed by atoms with van der Waals surface area (Å²) in [5, 5.41) is 3.16. The van der Waals surface area contributed by atoms with Gasteiger partial charge in [-0.25, -0.2) is 9.97 Å².